The molecule has 0 aromatic rings. The van der Waals surface area contributed by atoms with E-state index >= 15 is 0 Å². The van der Waals surface area contributed by atoms with Gasteiger partial charge in [-0.15, -0.1) is 0 Å². The molecule has 1 saturated carbocycles. The van der Waals surface area contributed by atoms with Crippen LogP contribution in [0, 0.1) is 0 Å². The predicted molar refractivity (Wildman–Crippen MR) is 29.7 cm³/mol. The average molecular weight is 147 g/mol. The van der Waals surface area contributed by atoms with Crippen molar-refractivity contribution in [2.24, 2.45) is 0 Å². The molecule has 4 heteroatoms. The van der Waals surface area contributed by atoms with Crippen LogP contribution in [0.15, 0.2) is 0 Å². The number of likely N-dealkylation sites (tertiary alicyclic amines) is 1. The molecule has 1 amide bonds. The van der Waals surface area contributed by atoms with Gasteiger partial charge in [0.2, 0.25) is 6.41 Å². The minimum Gasteiger partial charge on any atom is -0.333 e. The maximum absolute atomic E-state index is 12.5. The van der Waals surface area contributed by atoms with E-state index in [1.54, 1.807) is 0 Å². The molecule has 0 bridgehead atoms. The van der Waals surface area contributed by atoms with Gasteiger partial charge in [0.25, 0.3) is 5.92 Å². The summed E-state index contributed by atoms with van der Waals surface area (Å²) < 4.78 is 24.9. The van der Waals surface area contributed by atoms with Crippen molar-refractivity contribution in [3.63, 3.8) is 0 Å². The van der Waals surface area contributed by atoms with Crippen molar-refractivity contribution in [2.75, 3.05) is 6.54 Å². The molecular weight excluding hydrogens is 140 g/mol. The number of halogens is 2. The van der Waals surface area contributed by atoms with E-state index in [1.165, 1.54) is 4.90 Å². The summed E-state index contributed by atoms with van der Waals surface area (Å²) in [7, 11) is 0. The first-order valence-electron chi connectivity index (χ1n) is 3.22. The molecule has 0 N–H and O–H groups in total. The molecule has 2 fully saturated rings. The van der Waals surface area contributed by atoms with Crippen LogP contribution in [0.1, 0.15) is 12.8 Å². The Morgan fingerprint density at radius 1 is 1.50 bits per heavy atom. The van der Waals surface area contributed by atoms with Crippen LogP contribution in [-0.4, -0.2) is 29.3 Å². The number of alkyl halides is 2. The van der Waals surface area contributed by atoms with E-state index in [1.807, 2.05) is 0 Å². The van der Waals surface area contributed by atoms with E-state index in [0.717, 1.165) is 0 Å². The third-order valence-electron chi connectivity index (χ3n) is 2.51. The van der Waals surface area contributed by atoms with Crippen molar-refractivity contribution < 1.29 is 13.6 Å². The van der Waals surface area contributed by atoms with E-state index in [-0.39, 0.29) is 6.42 Å². The Morgan fingerprint density at radius 3 is 2.20 bits per heavy atom. The third kappa shape index (κ3) is 0.424. The van der Waals surface area contributed by atoms with Crippen LogP contribution in [0.3, 0.4) is 0 Å². The Bertz CT molecular complexity index is 194. The lowest BCUT2D eigenvalue weighted by Crippen LogP contribution is -2.52. The minimum absolute atomic E-state index is 0.126. The number of amides is 1. The van der Waals surface area contributed by atoms with Gasteiger partial charge in [0.1, 0.15) is 5.54 Å². The summed E-state index contributed by atoms with van der Waals surface area (Å²) >= 11 is 0. The number of rotatable bonds is 1. The molecule has 1 spiro atoms. The molecule has 1 heterocycles. The van der Waals surface area contributed by atoms with Crippen molar-refractivity contribution in [3.8, 4) is 0 Å². The Labute approximate surface area is 56.8 Å². The number of nitrogens with zero attached hydrogens (tertiary/aromatic N) is 1. The van der Waals surface area contributed by atoms with Crippen LogP contribution in [0.25, 0.3) is 0 Å². The molecule has 56 valence electrons. The van der Waals surface area contributed by atoms with Crippen molar-refractivity contribution in [1.82, 2.24) is 4.90 Å². The van der Waals surface area contributed by atoms with Gasteiger partial charge in [0, 0.05) is 13.0 Å². The largest absolute Gasteiger partial charge is 0.333 e. The molecule has 1 aliphatic carbocycles. The Kier molecular flexibility index (Phi) is 0.808. The first-order chi connectivity index (χ1) is 4.62. The van der Waals surface area contributed by atoms with Gasteiger partial charge in [0.15, 0.2) is 0 Å². The fourth-order valence-corrected chi connectivity index (χ4v) is 1.57. The standard InChI is InChI=1S/C6H7F2NO/c7-6(8)3-5(6)1-2-9(5)4-10/h4H,1-3H2. The van der Waals surface area contributed by atoms with E-state index in [4.69, 9.17) is 0 Å². The lowest BCUT2D eigenvalue weighted by molar-refractivity contribution is -0.132. The smallest absolute Gasteiger partial charge is 0.273 e. The number of hydrogen-bond acceptors (Lipinski definition) is 1. The first-order valence-corrected chi connectivity index (χ1v) is 3.22. The number of carbonyl (C=O) groups excluding carboxylic acids is 1. The lowest BCUT2D eigenvalue weighted by atomic mass is 10.0. The minimum atomic E-state index is -2.59. The van der Waals surface area contributed by atoms with Gasteiger partial charge < -0.3 is 4.90 Å². The summed E-state index contributed by atoms with van der Waals surface area (Å²) in [5.41, 5.74) is -1.03. The molecule has 1 aliphatic heterocycles. The second-order valence-electron chi connectivity index (χ2n) is 2.96. The van der Waals surface area contributed by atoms with E-state index in [2.05, 4.69) is 0 Å². The van der Waals surface area contributed by atoms with Crippen molar-refractivity contribution in [1.29, 1.82) is 0 Å². The van der Waals surface area contributed by atoms with Gasteiger partial charge in [-0.2, -0.15) is 0 Å². The van der Waals surface area contributed by atoms with Crippen LogP contribution in [0.5, 0.6) is 0 Å². The normalized spacial score (nSPS) is 41.2. The number of carbonyl (C=O) groups is 1. The maximum Gasteiger partial charge on any atom is 0.273 e. The van der Waals surface area contributed by atoms with Crippen LogP contribution in [-0.2, 0) is 4.79 Å². The van der Waals surface area contributed by atoms with Crippen molar-refractivity contribution >= 4 is 6.41 Å². The molecule has 2 aliphatic rings. The highest BCUT2D eigenvalue weighted by molar-refractivity contribution is 5.54. The van der Waals surface area contributed by atoms with E-state index in [0.29, 0.717) is 19.4 Å². The molecule has 0 aromatic carbocycles. The quantitative estimate of drug-likeness (QED) is 0.498. The molecule has 1 saturated heterocycles. The highest BCUT2D eigenvalue weighted by atomic mass is 19.3. The van der Waals surface area contributed by atoms with Crippen LogP contribution < -0.4 is 0 Å². The molecule has 1 atom stereocenters. The molecule has 2 rings (SSSR count). The highest BCUT2D eigenvalue weighted by Crippen LogP contribution is 2.62. The zero-order valence-corrected chi connectivity index (χ0v) is 5.31. The van der Waals surface area contributed by atoms with Crippen LogP contribution >= 0.6 is 0 Å². The zero-order valence-electron chi connectivity index (χ0n) is 5.31. The topological polar surface area (TPSA) is 20.3 Å². The van der Waals surface area contributed by atoms with Gasteiger partial charge >= 0.3 is 0 Å². The Balaban J connectivity index is 2.15. The second kappa shape index (κ2) is 1.33. The number of hydrogen-bond donors (Lipinski definition) is 0. The van der Waals surface area contributed by atoms with Gasteiger partial charge in [0.05, 0.1) is 0 Å². The summed E-state index contributed by atoms with van der Waals surface area (Å²) in [5, 5.41) is 0. The van der Waals surface area contributed by atoms with Gasteiger partial charge in [-0.1, -0.05) is 0 Å². The fraction of sp³-hybridized carbons (Fsp3) is 0.833. The van der Waals surface area contributed by atoms with Crippen LogP contribution in [0.2, 0.25) is 0 Å². The molecular formula is C6H7F2NO. The first kappa shape index (κ1) is 6.07. The van der Waals surface area contributed by atoms with E-state index < -0.39 is 11.5 Å². The Hall–Kier alpha value is -0.670. The fourth-order valence-electron chi connectivity index (χ4n) is 1.57. The lowest BCUT2D eigenvalue weighted by Gasteiger charge is -2.38. The summed E-state index contributed by atoms with van der Waals surface area (Å²) in [6.45, 7) is 0.499. The molecule has 1 unspecified atom stereocenters. The van der Waals surface area contributed by atoms with Crippen molar-refractivity contribution in [2.45, 2.75) is 24.3 Å². The Morgan fingerprint density at radius 2 is 2.10 bits per heavy atom. The predicted octanol–water partition coefficient (Wildman–Crippen LogP) is 0.626. The van der Waals surface area contributed by atoms with Gasteiger partial charge in [-0.05, 0) is 6.42 Å². The second-order valence-corrected chi connectivity index (χ2v) is 2.96. The van der Waals surface area contributed by atoms with Gasteiger partial charge in [-0.3, -0.25) is 4.79 Å². The summed E-state index contributed by atoms with van der Waals surface area (Å²) in [4.78, 5) is 11.3. The molecule has 0 radical (unpaired) electrons. The van der Waals surface area contributed by atoms with Crippen LogP contribution in [0.4, 0.5) is 8.78 Å². The SMILES string of the molecule is O=CN1CCC12CC2(F)F. The molecule has 10 heavy (non-hydrogen) atoms. The summed E-state index contributed by atoms with van der Waals surface area (Å²) in [6.07, 6.45) is 0.863. The summed E-state index contributed by atoms with van der Waals surface area (Å²) in [5.74, 6) is -2.59. The van der Waals surface area contributed by atoms with E-state index in [9.17, 15) is 13.6 Å². The highest BCUT2D eigenvalue weighted by Gasteiger charge is 2.77. The molecule has 2 nitrogen and oxygen atoms in total. The van der Waals surface area contributed by atoms with Gasteiger partial charge in [-0.25, -0.2) is 8.78 Å². The summed E-state index contributed by atoms with van der Waals surface area (Å²) in [6, 6.07) is 0. The monoisotopic (exact) mass is 147 g/mol. The maximum atomic E-state index is 12.5. The zero-order chi connectivity index (χ0) is 7.41. The third-order valence-corrected chi connectivity index (χ3v) is 2.51. The average Bonchev–Trinajstić information content (AvgIpc) is 2.36. The van der Waals surface area contributed by atoms with Crippen molar-refractivity contribution in [3.05, 3.63) is 0 Å². The molecule has 0 aromatic heterocycles.